The van der Waals surface area contributed by atoms with Crippen LogP contribution in [0.15, 0.2) is 18.2 Å². The summed E-state index contributed by atoms with van der Waals surface area (Å²) in [5, 5.41) is 0. The fraction of sp³-hybridized carbons (Fsp3) is 0.455. The molecule has 0 fully saturated rings. The van der Waals surface area contributed by atoms with Gasteiger partial charge in [-0.3, -0.25) is 0 Å². The molecule has 1 atom stereocenters. The molecule has 1 aromatic carbocycles. The van der Waals surface area contributed by atoms with Gasteiger partial charge in [-0.05, 0) is 17.5 Å². The van der Waals surface area contributed by atoms with Crippen molar-refractivity contribution in [1.82, 2.24) is 0 Å². The van der Waals surface area contributed by atoms with Gasteiger partial charge in [-0.1, -0.05) is 26.0 Å². The third-order valence-corrected chi connectivity index (χ3v) is 2.36. The van der Waals surface area contributed by atoms with E-state index in [9.17, 15) is 13.2 Å². The normalized spacial score (nSPS) is 12.8. The van der Waals surface area contributed by atoms with E-state index in [4.69, 9.17) is 5.73 Å². The van der Waals surface area contributed by atoms with Crippen molar-refractivity contribution in [2.45, 2.75) is 26.3 Å². The van der Waals surface area contributed by atoms with Crippen molar-refractivity contribution < 1.29 is 13.2 Å². The smallest absolute Gasteiger partial charge is 0.266 e. The monoisotopic (exact) mass is 253 g/mol. The Bertz CT molecular complexity index is 342. The molecule has 0 heterocycles. The highest BCUT2D eigenvalue weighted by Gasteiger charge is 2.16. The minimum atomic E-state index is -2.78. The zero-order valence-corrected chi connectivity index (χ0v) is 9.90. The van der Waals surface area contributed by atoms with Crippen LogP contribution in [-0.4, -0.2) is 0 Å². The van der Waals surface area contributed by atoms with E-state index in [0.717, 1.165) is 12.1 Å². The highest BCUT2D eigenvalue weighted by atomic mass is 35.5. The molecule has 1 nitrogen and oxygen atoms in total. The number of benzene rings is 1. The van der Waals surface area contributed by atoms with Crippen LogP contribution in [0.2, 0.25) is 0 Å². The Hall–Kier alpha value is -0.740. The van der Waals surface area contributed by atoms with Gasteiger partial charge in [-0.2, -0.15) is 0 Å². The van der Waals surface area contributed by atoms with E-state index in [1.54, 1.807) is 0 Å². The second-order valence-corrected chi connectivity index (χ2v) is 3.85. The van der Waals surface area contributed by atoms with Gasteiger partial charge in [0, 0.05) is 6.04 Å². The van der Waals surface area contributed by atoms with Gasteiger partial charge in [-0.25, -0.2) is 13.2 Å². The van der Waals surface area contributed by atoms with Crippen molar-refractivity contribution in [2.75, 3.05) is 0 Å². The highest BCUT2D eigenvalue weighted by molar-refractivity contribution is 5.85. The van der Waals surface area contributed by atoms with E-state index >= 15 is 0 Å². The Labute approximate surface area is 99.2 Å². The number of alkyl halides is 2. The summed E-state index contributed by atoms with van der Waals surface area (Å²) in [5.41, 5.74) is 5.75. The fourth-order valence-electron chi connectivity index (χ4n) is 1.31. The SMILES string of the molecule is CC(C)C(N)c1ccc(C(F)F)c(F)c1.Cl. The molecule has 1 unspecified atom stereocenters. The van der Waals surface area contributed by atoms with Crippen LogP contribution in [0.3, 0.4) is 0 Å². The van der Waals surface area contributed by atoms with Crippen molar-refractivity contribution in [3.05, 3.63) is 35.1 Å². The van der Waals surface area contributed by atoms with Gasteiger partial charge < -0.3 is 5.73 Å². The van der Waals surface area contributed by atoms with Crippen LogP contribution in [0.1, 0.15) is 37.4 Å². The van der Waals surface area contributed by atoms with Gasteiger partial charge in [0.05, 0.1) is 5.56 Å². The lowest BCUT2D eigenvalue weighted by Crippen LogP contribution is -2.17. The molecule has 92 valence electrons. The summed E-state index contributed by atoms with van der Waals surface area (Å²) in [7, 11) is 0. The molecular weight excluding hydrogens is 239 g/mol. The van der Waals surface area contributed by atoms with Crippen LogP contribution in [0.4, 0.5) is 13.2 Å². The Morgan fingerprint density at radius 1 is 1.19 bits per heavy atom. The van der Waals surface area contributed by atoms with Crippen molar-refractivity contribution >= 4 is 12.4 Å². The molecule has 5 heteroatoms. The predicted molar refractivity (Wildman–Crippen MR) is 60.4 cm³/mol. The van der Waals surface area contributed by atoms with Crippen LogP contribution >= 0.6 is 12.4 Å². The summed E-state index contributed by atoms with van der Waals surface area (Å²) < 4.78 is 37.7. The van der Waals surface area contributed by atoms with Crippen LogP contribution in [0.25, 0.3) is 0 Å². The lowest BCUT2D eigenvalue weighted by Gasteiger charge is -2.16. The summed E-state index contributed by atoms with van der Waals surface area (Å²) >= 11 is 0. The van der Waals surface area contributed by atoms with E-state index in [0.29, 0.717) is 5.56 Å². The van der Waals surface area contributed by atoms with Crippen LogP contribution < -0.4 is 5.73 Å². The number of hydrogen-bond donors (Lipinski definition) is 1. The molecule has 2 N–H and O–H groups in total. The highest BCUT2D eigenvalue weighted by Crippen LogP contribution is 2.26. The zero-order valence-electron chi connectivity index (χ0n) is 9.08. The largest absolute Gasteiger partial charge is 0.324 e. The average molecular weight is 254 g/mol. The van der Waals surface area contributed by atoms with Gasteiger partial charge in [0.15, 0.2) is 0 Å². The second-order valence-electron chi connectivity index (χ2n) is 3.85. The number of nitrogens with two attached hydrogens (primary N) is 1. The molecule has 1 aromatic rings. The molecule has 0 amide bonds. The van der Waals surface area contributed by atoms with Gasteiger partial charge in [-0.15, -0.1) is 12.4 Å². The third-order valence-electron chi connectivity index (χ3n) is 2.36. The maximum absolute atomic E-state index is 13.2. The maximum Gasteiger partial charge on any atom is 0.266 e. The summed E-state index contributed by atoms with van der Waals surface area (Å²) in [6.07, 6.45) is -2.78. The molecule has 0 radical (unpaired) electrons. The summed E-state index contributed by atoms with van der Waals surface area (Å²) in [6.45, 7) is 3.78. The second kappa shape index (κ2) is 6.11. The first-order valence-electron chi connectivity index (χ1n) is 4.76. The van der Waals surface area contributed by atoms with E-state index in [1.807, 2.05) is 13.8 Å². The van der Waals surface area contributed by atoms with Crippen molar-refractivity contribution in [2.24, 2.45) is 11.7 Å². The molecule has 0 aliphatic rings. The molecule has 0 aliphatic carbocycles. The molecule has 0 bridgehead atoms. The molecule has 0 spiro atoms. The van der Waals surface area contributed by atoms with E-state index in [-0.39, 0.29) is 24.4 Å². The minimum absolute atomic E-state index is 0. The van der Waals surface area contributed by atoms with E-state index < -0.39 is 17.8 Å². The van der Waals surface area contributed by atoms with E-state index in [1.165, 1.54) is 6.07 Å². The zero-order chi connectivity index (χ0) is 11.6. The number of hydrogen-bond acceptors (Lipinski definition) is 1. The molecule has 0 aliphatic heterocycles. The van der Waals surface area contributed by atoms with E-state index in [2.05, 4.69) is 0 Å². The topological polar surface area (TPSA) is 26.0 Å². The van der Waals surface area contributed by atoms with Crippen molar-refractivity contribution in [3.8, 4) is 0 Å². The number of halogens is 4. The van der Waals surface area contributed by atoms with Crippen LogP contribution in [-0.2, 0) is 0 Å². The molecule has 16 heavy (non-hydrogen) atoms. The number of rotatable bonds is 3. The first kappa shape index (κ1) is 15.3. The fourth-order valence-corrected chi connectivity index (χ4v) is 1.31. The standard InChI is InChI=1S/C11H14F3N.ClH/c1-6(2)10(15)7-3-4-8(11(13)14)9(12)5-7;/h3-6,10-11H,15H2,1-2H3;1H. The summed E-state index contributed by atoms with van der Waals surface area (Å²) in [6, 6.07) is 3.31. The van der Waals surface area contributed by atoms with Gasteiger partial charge in [0.1, 0.15) is 5.82 Å². The van der Waals surface area contributed by atoms with Crippen molar-refractivity contribution in [3.63, 3.8) is 0 Å². The van der Waals surface area contributed by atoms with Crippen LogP contribution in [0, 0.1) is 11.7 Å². The van der Waals surface area contributed by atoms with Crippen molar-refractivity contribution in [1.29, 1.82) is 0 Å². The van der Waals surface area contributed by atoms with Crippen LogP contribution in [0.5, 0.6) is 0 Å². The Balaban J connectivity index is 0.00000225. The van der Waals surface area contributed by atoms with Gasteiger partial charge >= 0.3 is 0 Å². The van der Waals surface area contributed by atoms with Gasteiger partial charge in [0.2, 0.25) is 0 Å². The quantitative estimate of drug-likeness (QED) is 0.870. The summed E-state index contributed by atoms with van der Waals surface area (Å²) in [5.74, 6) is -0.750. The molecule has 0 saturated heterocycles. The average Bonchev–Trinajstić information content (AvgIpc) is 2.15. The predicted octanol–water partition coefficient (Wildman–Crippen LogP) is 3.84. The maximum atomic E-state index is 13.2. The first-order valence-corrected chi connectivity index (χ1v) is 4.76. The molecule has 1 rings (SSSR count). The lowest BCUT2D eigenvalue weighted by atomic mass is 9.96. The molecule has 0 saturated carbocycles. The Morgan fingerprint density at radius 2 is 1.75 bits per heavy atom. The molecule has 0 aromatic heterocycles. The minimum Gasteiger partial charge on any atom is -0.324 e. The van der Waals surface area contributed by atoms with Gasteiger partial charge in [0.25, 0.3) is 6.43 Å². The Kier molecular flexibility index (Phi) is 5.83. The summed E-state index contributed by atoms with van der Waals surface area (Å²) in [4.78, 5) is 0. The third kappa shape index (κ3) is 3.39. The first-order chi connectivity index (χ1) is 6.93. The Morgan fingerprint density at radius 3 is 2.12 bits per heavy atom. The molecular formula is C11H15ClF3N. The lowest BCUT2D eigenvalue weighted by molar-refractivity contribution is 0.146.